The van der Waals surface area contributed by atoms with Crippen LogP contribution in [0.2, 0.25) is 0 Å². The van der Waals surface area contributed by atoms with Crippen molar-refractivity contribution in [2.45, 2.75) is 49.5 Å². The number of carbonyl (C=O) groups excluding carboxylic acids is 1. The van der Waals surface area contributed by atoms with Gasteiger partial charge in [-0.1, -0.05) is 0 Å². The number of thiol groups is 1. The van der Waals surface area contributed by atoms with E-state index in [4.69, 9.17) is 31.8 Å². The second kappa shape index (κ2) is 11.3. The smallest absolute Gasteiger partial charge is 0.323 e. The van der Waals surface area contributed by atoms with Crippen LogP contribution in [0, 0.1) is 0 Å². The predicted octanol–water partition coefficient (Wildman–Crippen LogP) is -1.24. The number of carbonyl (C=O) groups is 2. The number of carboxylic acid groups (broad SMARTS) is 1. The molecule has 0 amide bonds. The Morgan fingerprint density at radius 2 is 2.03 bits per heavy atom. The number of ether oxygens (including phenoxy) is 2. The van der Waals surface area contributed by atoms with Crippen molar-refractivity contribution < 1.29 is 29.3 Å². The van der Waals surface area contributed by atoms with Crippen LogP contribution in [0.15, 0.2) is 12.7 Å². The summed E-state index contributed by atoms with van der Waals surface area (Å²) >= 11 is 5.44. The van der Waals surface area contributed by atoms with Gasteiger partial charge < -0.3 is 36.9 Å². The number of aliphatic carboxylic acids is 1. The molecule has 15 heteroatoms. The number of hydrogen-bond acceptors (Lipinski definition) is 13. The number of esters is 1. The maximum absolute atomic E-state index is 12.4. The molecule has 1 saturated heterocycles. The van der Waals surface area contributed by atoms with Crippen LogP contribution in [0.3, 0.4) is 0 Å². The Morgan fingerprint density at radius 1 is 1.27 bits per heavy atom. The summed E-state index contributed by atoms with van der Waals surface area (Å²) in [4.78, 5) is 35.6. The fourth-order valence-electron chi connectivity index (χ4n) is 3.30. The molecule has 0 saturated carbocycles. The summed E-state index contributed by atoms with van der Waals surface area (Å²) in [5, 5.41) is 19.9. The molecule has 2 aromatic heterocycles. The number of carboxylic acids is 1. The van der Waals surface area contributed by atoms with E-state index in [-0.39, 0.29) is 12.2 Å². The molecule has 0 radical (unpaired) electrons. The molecule has 2 aromatic rings. The highest BCUT2D eigenvalue weighted by Gasteiger charge is 2.48. The zero-order valence-corrected chi connectivity index (χ0v) is 19.3. The molecule has 1 aliphatic rings. The van der Waals surface area contributed by atoms with Gasteiger partial charge in [-0.05, 0) is 24.3 Å². The third-order valence-electron chi connectivity index (χ3n) is 5.14. The number of anilines is 1. The van der Waals surface area contributed by atoms with Crippen molar-refractivity contribution in [1.29, 1.82) is 0 Å². The molecule has 1 aliphatic heterocycles. The van der Waals surface area contributed by atoms with Crippen LogP contribution >= 0.6 is 24.4 Å². The quantitative estimate of drug-likeness (QED) is 0.121. The molecule has 3 rings (SSSR count). The predicted molar refractivity (Wildman–Crippen MR) is 124 cm³/mol. The van der Waals surface area contributed by atoms with Gasteiger partial charge >= 0.3 is 11.9 Å². The van der Waals surface area contributed by atoms with Crippen LogP contribution in [-0.2, 0) is 19.1 Å². The van der Waals surface area contributed by atoms with Crippen LogP contribution in [0.5, 0.6) is 0 Å². The number of nitrogen functional groups attached to an aromatic ring is 1. The number of aliphatic hydroxyl groups excluding tert-OH is 1. The van der Waals surface area contributed by atoms with Crippen molar-refractivity contribution in [3.05, 3.63) is 12.7 Å². The molecule has 1 fully saturated rings. The minimum absolute atomic E-state index is 0.175. The first kappa shape index (κ1) is 25.5. The number of aliphatic hydroxyl groups is 1. The monoisotopic (exact) mass is 501 g/mol. The molecule has 0 spiro atoms. The third kappa shape index (κ3) is 5.85. The van der Waals surface area contributed by atoms with Crippen molar-refractivity contribution >= 4 is 53.3 Å². The number of thioether (sulfide) groups is 1. The Labute approximate surface area is 198 Å². The molecule has 6 atom stereocenters. The molecule has 33 heavy (non-hydrogen) atoms. The summed E-state index contributed by atoms with van der Waals surface area (Å²) in [6.45, 7) is 0. The zero-order chi connectivity index (χ0) is 24.1. The number of nitrogens with two attached hydrogens (primary N) is 3. The van der Waals surface area contributed by atoms with Crippen LogP contribution < -0.4 is 17.2 Å². The van der Waals surface area contributed by atoms with Gasteiger partial charge in [-0.15, -0.1) is 0 Å². The SMILES string of the molecule is Nc1ncnc2c1ncn2[C@@H]1O[C@H](CSCC[C@H](N)C(=O)O)[C@@H](OC(=O)[C@@H](N)CCS)[C@H]1O. The van der Waals surface area contributed by atoms with Crippen LogP contribution in [0.4, 0.5) is 5.82 Å². The highest BCUT2D eigenvalue weighted by molar-refractivity contribution is 7.99. The maximum Gasteiger partial charge on any atom is 0.323 e. The Bertz CT molecular complexity index is 979. The fourth-order valence-corrected chi connectivity index (χ4v) is 4.66. The average molecular weight is 502 g/mol. The Balaban J connectivity index is 1.77. The Kier molecular flexibility index (Phi) is 8.72. The summed E-state index contributed by atoms with van der Waals surface area (Å²) < 4.78 is 13.1. The molecule has 13 nitrogen and oxygen atoms in total. The lowest BCUT2D eigenvalue weighted by molar-refractivity contribution is -0.156. The second-order valence-electron chi connectivity index (χ2n) is 7.47. The van der Waals surface area contributed by atoms with E-state index < -0.39 is 48.6 Å². The van der Waals surface area contributed by atoms with Gasteiger partial charge in [-0.25, -0.2) is 15.0 Å². The Hall–Kier alpha value is -2.17. The van der Waals surface area contributed by atoms with Crippen molar-refractivity contribution in [2.24, 2.45) is 11.5 Å². The molecule has 0 aliphatic carbocycles. The maximum atomic E-state index is 12.4. The first-order chi connectivity index (χ1) is 15.7. The average Bonchev–Trinajstić information content (AvgIpc) is 3.33. The van der Waals surface area contributed by atoms with Gasteiger partial charge in [0.15, 0.2) is 23.8 Å². The zero-order valence-electron chi connectivity index (χ0n) is 17.6. The number of rotatable bonds is 11. The van der Waals surface area contributed by atoms with E-state index in [1.54, 1.807) is 0 Å². The van der Waals surface area contributed by atoms with E-state index in [9.17, 15) is 14.7 Å². The van der Waals surface area contributed by atoms with Crippen molar-refractivity contribution in [2.75, 3.05) is 23.0 Å². The molecule has 0 unspecified atom stereocenters. The third-order valence-corrected chi connectivity index (χ3v) is 6.49. The van der Waals surface area contributed by atoms with Gasteiger partial charge in [0.1, 0.15) is 36.1 Å². The summed E-state index contributed by atoms with van der Waals surface area (Å²) in [6.07, 6.45) is -0.707. The van der Waals surface area contributed by atoms with Crippen LogP contribution in [0.25, 0.3) is 11.2 Å². The second-order valence-corrected chi connectivity index (χ2v) is 9.06. The van der Waals surface area contributed by atoms with Crippen molar-refractivity contribution in [1.82, 2.24) is 19.5 Å². The molecule has 3 heterocycles. The van der Waals surface area contributed by atoms with E-state index in [2.05, 4.69) is 27.6 Å². The van der Waals surface area contributed by atoms with Gasteiger partial charge in [-0.2, -0.15) is 24.4 Å². The highest BCUT2D eigenvalue weighted by Crippen LogP contribution is 2.35. The van der Waals surface area contributed by atoms with Crippen LogP contribution in [0.1, 0.15) is 19.1 Å². The van der Waals surface area contributed by atoms with E-state index in [0.717, 1.165) is 0 Å². The van der Waals surface area contributed by atoms with Gasteiger partial charge in [0.2, 0.25) is 0 Å². The summed E-state index contributed by atoms with van der Waals surface area (Å²) in [5.41, 5.74) is 17.9. The van der Waals surface area contributed by atoms with Crippen LogP contribution in [-0.4, -0.2) is 89.3 Å². The first-order valence-corrected chi connectivity index (χ1v) is 11.9. The largest absolute Gasteiger partial charge is 0.480 e. The summed E-state index contributed by atoms with van der Waals surface area (Å²) in [6, 6.07) is -1.87. The number of imidazole rings is 1. The lowest BCUT2D eigenvalue weighted by Crippen LogP contribution is -2.42. The summed E-state index contributed by atoms with van der Waals surface area (Å²) in [5.74, 6) is -0.444. The van der Waals surface area contributed by atoms with E-state index >= 15 is 0 Å². The number of aromatic nitrogens is 4. The molecule has 0 aromatic carbocycles. The van der Waals surface area contributed by atoms with Gasteiger partial charge in [-0.3, -0.25) is 14.2 Å². The topological polar surface area (TPSA) is 215 Å². The lowest BCUT2D eigenvalue weighted by atomic mass is 10.1. The Morgan fingerprint density at radius 3 is 2.73 bits per heavy atom. The number of fused-ring (bicyclic) bond motifs is 1. The number of hydrogen-bond donors (Lipinski definition) is 6. The molecule has 0 bridgehead atoms. The molecule has 8 N–H and O–H groups in total. The molecular weight excluding hydrogens is 474 g/mol. The van der Waals surface area contributed by atoms with E-state index in [0.29, 0.717) is 34.8 Å². The highest BCUT2D eigenvalue weighted by atomic mass is 32.2. The summed E-state index contributed by atoms with van der Waals surface area (Å²) in [7, 11) is 0. The normalized spacial score (nSPS) is 24.6. The van der Waals surface area contributed by atoms with E-state index in [1.165, 1.54) is 29.0 Å². The van der Waals surface area contributed by atoms with E-state index in [1.807, 2.05) is 0 Å². The standard InChI is InChI=1S/C18H27N7O6S2/c19-8(17(27)28)2-4-33-5-10-13(31-18(29)9(20)1-3-32)12(26)16(30-10)25-7-24-11-14(21)22-6-23-15(11)25/h6-10,12-13,16,26,32H,1-5,19-20H2,(H,27,28)(H2,21,22,23)/t8-,9-,10+,12+,13+,16+/m0/s1. The number of nitrogens with zero attached hydrogens (tertiary/aromatic N) is 4. The lowest BCUT2D eigenvalue weighted by Gasteiger charge is -2.22. The first-order valence-electron chi connectivity index (χ1n) is 10.1. The minimum Gasteiger partial charge on any atom is -0.480 e. The van der Waals surface area contributed by atoms with Crippen molar-refractivity contribution in [3.8, 4) is 0 Å². The molecule has 182 valence electrons. The molecular formula is C18H27N7O6S2. The van der Waals surface area contributed by atoms with Crippen molar-refractivity contribution in [3.63, 3.8) is 0 Å². The van der Waals surface area contributed by atoms with Gasteiger partial charge in [0.25, 0.3) is 0 Å². The van der Waals surface area contributed by atoms with Gasteiger partial charge in [0.05, 0.1) is 6.33 Å². The fraction of sp³-hybridized carbons (Fsp3) is 0.611. The minimum atomic E-state index is -1.25. The van der Waals surface area contributed by atoms with Gasteiger partial charge in [0, 0.05) is 5.75 Å².